The Morgan fingerprint density at radius 2 is 1.85 bits per heavy atom. The molecule has 0 bridgehead atoms. The highest BCUT2D eigenvalue weighted by Crippen LogP contribution is 2.17. The van der Waals surface area contributed by atoms with Crippen LogP contribution >= 0.6 is 0 Å². The quantitative estimate of drug-likeness (QED) is 0.729. The van der Waals surface area contributed by atoms with Crippen LogP contribution in [0.3, 0.4) is 0 Å². The molecule has 0 fully saturated rings. The zero-order valence-electron chi connectivity index (χ0n) is 12.9. The number of nitrogens with one attached hydrogen (secondary N) is 1. The smallest absolute Gasteiger partial charge is 0.118 e. The van der Waals surface area contributed by atoms with Crippen molar-refractivity contribution in [2.45, 2.75) is 32.9 Å². The summed E-state index contributed by atoms with van der Waals surface area (Å²) in [5.41, 5.74) is 0.886. The molecule has 0 aliphatic heterocycles. The van der Waals surface area contributed by atoms with Crippen LogP contribution in [0.15, 0.2) is 24.3 Å². The Hall–Kier alpha value is -1.10. The molecule has 4 heteroatoms. The summed E-state index contributed by atoms with van der Waals surface area (Å²) in [5.74, 6) is 1.26. The number of hydrogen-bond acceptors (Lipinski definition) is 4. The molecule has 0 saturated carbocycles. The van der Waals surface area contributed by atoms with E-state index in [4.69, 9.17) is 9.47 Å². The third kappa shape index (κ3) is 5.49. The van der Waals surface area contributed by atoms with E-state index in [1.807, 2.05) is 31.2 Å². The van der Waals surface area contributed by atoms with E-state index < -0.39 is 6.10 Å². The summed E-state index contributed by atoms with van der Waals surface area (Å²) >= 11 is 0. The van der Waals surface area contributed by atoms with Gasteiger partial charge in [0.1, 0.15) is 5.75 Å². The van der Waals surface area contributed by atoms with Crippen LogP contribution in [0.1, 0.15) is 32.4 Å². The molecule has 1 rings (SSSR count). The Bertz CT molecular complexity index is 364. The van der Waals surface area contributed by atoms with Crippen molar-refractivity contribution in [3.05, 3.63) is 29.8 Å². The van der Waals surface area contributed by atoms with Gasteiger partial charge < -0.3 is 19.9 Å². The van der Waals surface area contributed by atoms with E-state index in [9.17, 15) is 5.11 Å². The van der Waals surface area contributed by atoms with E-state index in [2.05, 4.69) is 19.2 Å². The summed E-state index contributed by atoms with van der Waals surface area (Å²) in [6.07, 6.45) is -0.524. The van der Waals surface area contributed by atoms with E-state index in [-0.39, 0.29) is 6.04 Å². The molecular formula is C16H27NO3. The molecule has 20 heavy (non-hydrogen) atoms. The normalized spacial score (nSPS) is 14.3. The first-order valence-corrected chi connectivity index (χ1v) is 7.21. The minimum absolute atomic E-state index is 0.253. The Balaban J connectivity index is 2.48. The van der Waals surface area contributed by atoms with Gasteiger partial charge in [-0.2, -0.15) is 0 Å². The van der Waals surface area contributed by atoms with Crippen LogP contribution in [-0.2, 0) is 4.74 Å². The summed E-state index contributed by atoms with van der Waals surface area (Å²) in [7, 11) is 1.63. The second-order valence-electron chi connectivity index (χ2n) is 5.21. The van der Waals surface area contributed by atoms with Crippen molar-refractivity contribution < 1.29 is 14.6 Å². The van der Waals surface area contributed by atoms with Crippen LogP contribution in [-0.4, -0.2) is 38.0 Å². The molecule has 114 valence electrons. The van der Waals surface area contributed by atoms with Crippen molar-refractivity contribution in [2.75, 3.05) is 26.9 Å². The van der Waals surface area contributed by atoms with Crippen molar-refractivity contribution in [1.82, 2.24) is 5.32 Å². The lowest BCUT2D eigenvalue weighted by Crippen LogP contribution is -2.40. The summed E-state index contributed by atoms with van der Waals surface area (Å²) in [6, 6.07) is 7.75. The average molecular weight is 281 g/mol. The minimum atomic E-state index is -0.524. The van der Waals surface area contributed by atoms with E-state index in [0.717, 1.165) is 11.3 Å². The lowest BCUT2D eigenvalue weighted by molar-refractivity contribution is 0.0970. The highest BCUT2D eigenvalue weighted by Gasteiger charge is 2.15. The predicted molar refractivity (Wildman–Crippen MR) is 81.1 cm³/mol. The molecule has 2 N–H and O–H groups in total. The maximum absolute atomic E-state index is 10.2. The van der Waals surface area contributed by atoms with Crippen LogP contribution in [0.5, 0.6) is 5.75 Å². The van der Waals surface area contributed by atoms with Gasteiger partial charge in [-0.15, -0.1) is 0 Å². The van der Waals surface area contributed by atoms with Crippen LogP contribution in [0.25, 0.3) is 0 Å². The van der Waals surface area contributed by atoms with Gasteiger partial charge in [0, 0.05) is 19.2 Å². The number of aliphatic hydroxyl groups is 1. The third-order valence-corrected chi connectivity index (χ3v) is 3.38. The second-order valence-corrected chi connectivity index (χ2v) is 5.21. The van der Waals surface area contributed by atoms with Crippen LogP contribution in [0.4, 0.5) is 0 Å². The maximum atomic E-state index is 10.2. The molecule has 0 radical (unpaired) electrons. The van der Waals surface area contributed by atoms with Crippen LogP contribution < -0.4 is 10.1 Å². The number of rotatable bonds is 9. The van der Waals surface area contributed by atoms with Crippen LogP contribution in [0.2, 0.25) is 0 Å². The standard InChI is InChI=1S/C16H27NO3/c1-5-20-11-15(12(2)3)17-10-16(18)13-6-8-14(19-4)9-7-13/h6-9,12,15-18H,5,10-11H2,1-4H3. The number of benzene rings is 1. The topological polar surface area (TPSA) is 50.7 Å². The number of hydrogen-bond donors (Lipinski definition) is 2. The fourth-order valence-corrected chi connectivity index (χ4v) is 1.94. The first-order valence-electron chi connectivity index (χ1n) is 7.21. The van der Waals surface area contributed by atoms with Gasteiger partial charge >= 0.3 is 0 Å². The molecule has 1 aromatic carbocycles. The number of ether oxygens (including phenoxy) is 2. The van der Waals surface area contributed by atoms with Gasteiger partial charge in [-0.25, -0.2) is 0 Å². The maximum Gasteiger partial charge on any atom is 0.118 e. The van der Waals surface area contributed by atoms with Crippen molar-refractivity contribution >= 4 is 0 Å². The Morgan fingerprint density at radius 3 is 2.35 bits per heavy atom. The van der Waals surface area contributed by atoms with Crippen molar-refractivity contribution in [2.24, 2.45) is 5.92 Å². The molecular weight excluding hydrogens is 254 g/mol. The van der Waals surface area contributed by atoms with Crippen LogP contribution in [0, 0.1) is 5.92 Å². The van der Waals surface area contributed by atoms with E-state index >= 15 is 0 Å². The van der Waals surface area contributed by atoms with Crippen molar-refractivity contribution in [1.29, 1.82) is 0 Å². The Morgan fingerprint density at radius 1 is 1.20 bits per heavy atom. The Labute approximate surface area is 122 Å². The first-order chi connectivity index (χ1) is 9.58. The lowest BCUT2D eigenvalue weighted by Gasteiger charge is -2.24. The van der Waals surface area contributed by atoms with E-state index in [0.29, 0.717) is 25.7 Å². The number of aliphatic hydroxyl groups excluding tert-OH is 1. The minimum Gasteiger partial charge on any atom is -0.497 e. The largest absolute Gasteiger partial charge is 0.497 e. The highest BCUT2D eigenvalue weighted by molar-refractivity contribution is 5.28. The summed E-state index contributed by atoms with van der Waals surface area (Å²) in [4.78, 5) is 0. The zero-order chi connectivity index (χ0) is 15.0. The van der Waals surface area contributed by atoms with Crippen molar-refractivity contribution in [3.8, 4) is 5.75 Å². The molecule has 0 saturated heterocycles. The molecule has 0 aromatic heterocycles. The zero-order valence-corrected chi connectivity index (χ0v) is 12.9. The summed E-state index contributed by atoms with van der Waals surface area (Å²) in [6.45, 7) is 8.19. The van der Waals surface area contributed by atoms with Gasteiger partial charge in [0.2, 0.25) is 0 Å². The van der Waals surface area contributed by atoms with E-state index in [1.54, 1.807) is 7.11 Å². The molecule has 0 spiro atoms. The molecule has 0 amide bonds. The SMILES string of the molecule is CCOCC(NCC(O)c1ccc(OC)cc1)C(C)C. The highest BCUT2D eigenvalue weighted by atomic mass is 16.5. The summed E-state index contributed by atoms with van der Waals surface area (Å²) in [5, 5.41) is 13.6. The molecule has 0 aliphatic carbocycles. The average Bonchev–Trinajstić information content (AvgIpc) is 2.46. The van der Waals surface area contributed by atoms with Gasteiger partial charge in [0.25, 0.3) is 0 Å². The fourth-order valence-electron chi connectivity index (χ4n) is 1.94. The predicted octanol–water partition coefficient (Wildman–Crippen LogP) is 2.38. The van der Waals surface area contributed by atoms with E-state index in [1.165, 1.54) is 0 Å². The van der Waals surface area contributed by atoms with Gasteiger partial charge in [-0.05, 0) is 30.5 Å². The molecule has 0 aliphatic rings. The summed E-state index contributed by atoms with van der Waals surface area (Å²) < 4.78 is 10.6. The lowest BCUT2D eigenvalue weighted by atomic mass is 10.0. The molecule has 4 nitrogen and oxygen atoms in total. The van der Waals surface area contributed by atoms with Gasteiger partial charge in [0.15, 0.2) is 0 Å². The third-order valence-electron chi connectivity index (χ3n) is 3.38. The molecule has 2 unspecified atom stereocenters. The van der Waals surface area contributed by atoms with Crippen molar-refractivity contribution in [3.63, 3.8) is 0 Å². The fraction of sp³-hybridized carbons (Fsp3) is 0.625. The van der Waals surface area contributed by atoms with Gasteiger partial charge in [-0.1, -0.05) is 26.0 Å². The molecule has 2 atom stereocenters. The Kier molecular flexibility index (Phi) is 7.59. The molecule has 0 heterocycles. The molecule has 1 aromatic rings. The second kappa shape index (κ2) is 8.95. The first kappa shape index (κ1) is 17.0. The van der Waals surface area contributed by atoms with Gasteiger partial charge in [0.05, 0.1) is 19.8 Å². The van der Waals surface area contributed by atoms with Gasteiger partial charge in [-0.3, -0.25) is 0 Å². The monoisotopic (exact) mass is 281 g/mol. The number of methoxy groups -OCH3 is 1.